The molecule has 0 radical (unpaired) electrons. The second kappa shape index (κ2) is 4.23. The van der Waals surface area contributed by atoms with Crippen molar-refractivity contribution in [2.24, 2.45) is 23.7 Å². The minimum absolute atomic E-state index is 0.427. The summed E-state index contributed by atoms with van der Waals surface area (Å²) in [6.07, 6.45) is 10.8. The highest BCUT2D eigenvalue weighted by Crippen LogP contribution is 2.64. The second-order valence-electron chi connectivity index (χ2n) is 7.20. The van der Waals surface area contributed by atoms with Gasteiger partial charge in [-0.1, -0.05) is 36.4 Å². The molecular formula is C19H24. The Morgan fingerprint density at radius 1 is 0.947 bits per heavy atom. The maximum absolute atomic E-state index is 4.08. The van der Waals surface area contributed by atoms with Gasteiger partial charge >= 0.3 is 0 Å². The number of hydrogen-bond donors (Lipinski definition) is 0. The van der Waals surface area contributed by atoms with Crippen molar-refractivity contribution >= 4 is 0 Å². The predicted octanol–water partition coefficient (Wildman–Crippen LogP) is 4.96. The van der Waals surface area contributed by atoms with Crippen molar-refractivity contribution in [2.75, 3.05) is 0 Å². The molecule has 0 amide bonds. The summed E-state index contributed by atoms with van der Waals surface area (Å²) < 4.78 is 0. The van der Waals surface area contributed by atoms with E-state index in [9.17, 15) is 0 Å². The van der Waals surface area contributed by atoms with Crippen LogP contribution in [0.4, 0.5) is 0 Å². The number of rotatable bonds is 3. The van der Waals surface area contributed by atoms with E-state index in [-0.39, 0.29) is 0 Å². The van der Waals surface area contributed by atoms with Gasteiger partial charge in [0.1, 0.15) is 0 Å². The lowest BCUT2D eigenvalue weighted by atomic mass is 9.43. The van der Waals surface area contributed by atoms with Gasteiger partial charge in [-0.15, -0.1) is 6.58 Å². The topological polar surface area (TPSA) is 0 Å². The summed E-state index contributed by atoms with van der Waals surface area (Å²) in [7, 11) is 0. The van der Waals surface area contributed by atoms with Gasteiger partial charge in [-0.2, -0.15) is 0 Å². The zero-order valence-electron chi connectivity index (χ0n) is 11.7. The molecule has 0 N–H and O–H groups in total. The Balaban J connectivity index is 1.81. The standard InChI is InChI=1S/C19H24/c1-2-8-19(16-6-4-3-5-7-16)17-10-14-9-15(12-17)13-18(19)11-14/h2-7,14-15,17-18H,1,8-13H2. The molecule has 1 aromatic rings. The molecule has 0 heterocycles. The fourth-order valence-electron chi connectivity index (χ4n) is 5.94. The fraction of sp³-hybridized carbons (Fsp3) is 0.579. The lowest BCUT2D eigenvalue weighted by Crippen LogP contribution is -2.55. The minimum atomic E-state index is 0.427. The second-order valence-corrected chi connectivity index (χ2v) is 7.20. The van der Waals surface area contributed by atoms with Gasteiger partial charge in [0.25, 0.3) is 0 Å². The summed E-state index contributed by atoms with van der Waals surface area (Å²) in [5.74, 6) is 3.93. The van der Waals surface area contributed by atoms with Gasteiger partial charge in [0.15, 0.2) is 0 Å². The van der Waals surface area contributed by atoms with Crippen LogP contribution in [0.3, 0.4) is 0 Å². The monoisotopic (exact) mass is 252 g/mol. The molecule has 4 fully saturated rings. The lowest BCUT2D eigenvalue weighted by molar-refractivity contribution is -0.0598. The van der Waals surface area contributed by atoms with Crippen molar-refractivity contribution in [3.8, 4) is 0 Å². The molecule has 0 spiro atoms. The molecule has 0 nitrogen and oxygen atoms in total. The van der Waals surface area contributed by atoms with Crippen LogP contribution in [-0.2, 0) is 5.41 Å². The summed E-state index contributed by atoms with van der Waals surface area (Å²) in [5, 5.41) is 0. The molecule has 0 saturated heterocycles. The van der Waals surface area contributed by atoms with E-state index in [1.807, 2.05) is 0 Å². The van der Waals surface area contributed by atoms with Crippen LogP contribution in [0, 0.1) is 23.7 Å². The van der Waals surface area contributed by atoms with Crippen molar-refractivity contribution in [3.05, 3.63) is 48.6 Å². The summed E-state index contributed by atoms with van der Waals surface area (Å²) in [6, 6.07) is 11.4. The van der Waals surface area contributed by atoms with Crippen molar-refractivity contribution in [2.45, 2.75) is 43.9 Å². The molecule has 4 aliphatic carbocycles. The highest BCUT2D eigenvalue weighted by molar-refractivity contribution is 5.32. The average molecular weight is 252 g/mol. The van der Waals surface area contributed by atoms with Crippen LogP contribution in [-0.4, -0.2) is 0 Å². The molecule has 4 aliphatic rings. The van der Waals surface area contributed by atoms with Gasteiger partial charge in [0, 0.05) is 5.41 Å². The van der Waals surface area contributed by atoms with Crippen LogP contribution >= 0.6 is 0 Å². The molecule has 0 aliphatic heterocycles. The Bertz CT molecular complexity index is 442. The van der Waals surface area contributed by atoms with Crippen LogP contribution in [0.2, 0.25) is 0 Å². The average Bonchev–Trinajstić information content (AvgIpc) is 2.43. The van der Waals surface area contributed by atoms with E-state index in [0.29, 0.717) is 5.41 Å². The summed E-state index contributed by atoms with van der Waals surface area (Å²) in [5.41, 5.74) is 2.03. The molecule has 0 unspecified atom stereocenters. The van der Waals surface area contributed by atoms with E-state index < -0.39 is 0 Å². The van der Waals surface area contributed by atoms with Crippen molar-refractivity contribution < 1.29 is 0 Å². The molecule has 0 heteroatoms. The van der Waals surface area contributed by atoms with E-state index in [2.05, 4.69) is 43.0 Å². The van der Waals surface area contributed by atoms with Crippen LogP contribution in [0.5, 0.6) is 0 Å². The predicted molar refractivity (Wildman–Crippen MR) is 80.0 cm³/mol. The maximum atomic E-state index is 4.08. The normalized spacial score (nSPS) is 43.4. The highest BCUT2D eigenvalue weighted by Gasteiger charge is 2.56. The van der Waals surface area contributed by atoms with Crippen LogP contribution in [0.15, 0.2) is 43.0 Å². The molecule has 19 heavy (non-hydrogen) atoms. The Morgan fingerprint density at radius 2 is 1.53 bits per heavy atom. The van der Waals surface area contributed by atoms with Crippen LogP contribution < -0.4 is 0 Å². The molecule has 5 rings (SSSR count). The zero-order chi connectivity index (χ0) is 12.9. The third-order valence-electron chi connectivity index (χ3n) is 6.39. The third-order valence-corrected chi connectivity index (χ3v) is 6.39. The van der Waals surface area contributed by atoms with Gasteiger partial charge < -0.3 is 0 Å². The maximum Gasteiger partial charge on any atom is 0.00442 e. The molecule has 0 atom stereocenters. The summed E-state index contributed by atoms with van der Waals surface area (Å²) in [4.78, 5) is 0. The van der Waals surface area contributed by atoms with Crippen LogP contribution in [0.25, 0.3) is 0 Å². The summed E-state index contributed by atoms with van der Waals surface area (Å²) >= 11 is 0. The Labute approximate surface area is 116 Å². The summed E-state index contributed by atoms with van der Waals surface area (Å²) in [6.45, 7) is 4.08. The van der Waals surface area contributed by atoms with Gasteiger partial charge in [-0.25, -0.2) is 0 Å². The smallest absolute Gasteiger partial charge is 0.00442 e. The van der Waals surface area contributed by atoms with Crippen molar-refractivity contribution in [1.82, 2.24) is 0 Å². The minimum Gasteiger partial charge on any atom is -0.103 e. The molecule has 1 aromatic carbocycles. The SMILES string of the molecule is C=CCC1(c2ccccc2)C2CC3CC(C2)CC1C3. The third kappa shape index (κ3) is 1.58. The van der Waals surface area contributed by atoms with Gasteiger partial charge in [0.2, 0.25) is 0 Å². The quantitative estimate of drug-likeness (QED) is 0.667. The molecular weight excluding hydrogens is 228 g/mol. The number of hydrogen-bond acceptors (Lipinski definition) is 0. The Hall–Kier alpha value is -1.04. The van der Waals surface area contributed by atoms with E-state index >= 15 is 0 Å². The van der Waals surface area contributed by atoms with E-state index in [1.165, 1.54) is 38.5 Å². The largest absolute Gasteiger partial charge is 0.103 e. The number of allylic oxidation sites excluding steroid dienone is 1. The van der Waals surface area contributed by atoms with Gasteiger partial charge in [-0.05, 0) is 67.8 Å². The van der Waals surface area contributed by atoms with E-state index in [0.717, 1.165) is 23.7 Å². The van der Waals surface area contributed by atoms with Gasteiger partial charge in [0.05, 0.1) is 0 Å². The zero-order valence-corrected chi connectivity index (χ0v) is 11.7. The first-order chi connectivity index (χ1) is 9.33. The number of benzene rings is 1. The van der Waals surface area contributed by atoms with Gasteiger partial charge in [-0.3, -0.25) is 0 Å². The van der Waals surface area contributed by atoms with E-state index in [4.69, 9.17) is 0 Å². The molecule has 4 bridgehead atoms. The Kier molecular flexibility index (Phi) is 2.62. The first-order valence-electron chi connectivity index (χ1n) is 7.99. The molecule has 100 valence electrons. The molecule has 4 saturated carbocycles. The Morgan fingerprint density at radius 3 is 2.05 bits per heavy atom. The first-order valence-corrected chi connectivity index (χ1v) is 7.99. The van der Waals surface area contributed by atoms with Crippen LogP contribution in [0.1, 0.15) is 44.1 Å². The first kappa shape index (κ1) is 11.8. The van der Waals surface area contributed by atoms with E-state index in [1.54, 1.807) is 5.56 Å². The highest BCUT2D eigenvalue weighted by atomic mass is 14.6. The lowest BCUT2D eigenvalue weighted by Gasteiger charge is -2.61. The van der Waals surface area contributed by atoms with Crippen molar-refractivity contribution in [1.29, 1.82) is 0 Å². The molecule has 0 aromatic heterocycles. The fourth-order valence-corrected chi connectivity index (χ4v) is 5.94. The van der Waals surface area contributed by atoms with Crippen molar-refractivity contribution in [3.63, 3.8) is 0 Å².